The molecular weight excluding hydrogens is 168 g/mol. The number of hydrogen-bond acceptors (Lipinski definition) is 3. The minimum absolute atomic E-state index is 0.00495. The van der Waals surface area contributed by atoms with Crippen LogP contribution in [-0.4, -0.2) is 24.3 Å². The monoisotopic (exact) mass is 184 g/mol. The third-order valence-electron chi connectivity index (χ3n) is 2.69. The van der Waals surface area contributed by atoms with E-state index in [1.165, 1.54) is 0 Å². The molecule has 1 aliphatic heterocycles. The molecule has 0 spiro atoms. The lowest BCUT2D eigenvalue weighted by molar-refractivity contribution is -0.153. The summed E-state index contributed by atoms with van der Waals surface area (Å²) in [5, 5.41) is 0. The molecule has 74 valence electrons. The molecule has 0 N–H and O–H groups in total. The predicted octanol–water partition coefficient (Wildman–Crippen LogP) is 1.51. The minimum Gasteiger partial charge on any atom is -0.463 e. The fourth-order valence-corrected chi connectivity index (χ4v) is 1.95. The highest BCUT2D eigenvalue weighted by Gasteiger charge is 2.46. The molecule has 0 amide bonds. The van der Waals surface area contributed by atoms with Crippen LogP contribution in [0, 0.1) is 5.92 Å². The second kappa shape index (κ2) is 3.29. The molecule has 1 aliphatic carbocycles. The van der Waals surface area contributed by atoms with Gasteiger partial charge in [0.05, 0.1) is 24.2 Å². The summed E-state index contributed by atoms with van der Waals surface area (Å²) < 4.78 is 10.5. The van der Waals surface area contributed by atoms with Crippen LogP contribution >= 0.6 is 0 Å². The first-order chi connectivity index (χ1) is 6.16. The molecule has 0 radical (unpaired) electrons. The van der Waals surface area contributed by atoms with Crippen LogP contribution in [0.1, 0.15) is 33.1 Å². The zero-order valence-electron chi connectivity index (χ0n) is 8.16. The molecule has 2 unspecified atom stereocenters. The standard InChI is InChI=1S/C10H16O3/c1-6(2)12-10(11)7-3-4-8-9(5-7)13-8/h6-9H,3-5H2,1-2H3/t7?,8-,9?/m1/s1. The summed E-state index contributed by atoms with van der Waals surface area (Å²) in [7, 11) is 0. The van der Waals surface area contributed by atoms with Crippen LogP contribution in [0.5, 0.6) is 0 Å². The lowest BCUT2D eigenvalue weighted by Crippen LogP contribution is -2.25. The van der Waals surface area contributed by atoms with Gasteiger partial charge in [0.1, 0.15) is 0 Å². The summed E-state index contributed by atoms with van der Waals surface area (Å²) in [6.45, 7) is 3.77. The average molecular weight is 184 g/mol. The van der Waals surface area contributed by atoms with Gasteiger partial charge in [0.15, 0.2) is 0 Å². The zero-order chi connectivity index (χ0) is 9.42. The van der Waals surface area contributed by atoms with Crippen LogP contribution < -0.4 is 0 Å². The van der Waals surface area contributed by atoms with Crippen LogP contribution in [0.4, 0.5) is 0 Å². The van der Waals surface area contributed by atoms with Crippen molar-refractivity contribution < 1.29 is 14.3 Å². The number of epoxide rings is 1. The number of hydrogen-bond donors (Lipinski definition) is 0. The molecule has 3 atom stereocenters. The highest BCUT2D eigenvalue weighted by Crippen LogP contribution is 2.39. The summed E-state index contributed by atoms with van der Waals surface area (Å²) in [4.78, 5) is 11.5. The van der Waals surface area contributed by atoms with Gasteiger partial charge in [-0.25, -0.2) is 0 Å². The van der Waals surface area contributed by atoms with E-state index in [0.29, 0.717) is 12.2 Å². The summed E-state index contributed by atoms with van der Waals surface area (Å²) in [6, 6.07) is 0. The molecule has 2 rings (SSSR count). The van der Waals surface area contributed by atoms with Crippen molar-refractivity contribution >= 4 is 5.97 Å². The lowest BCUT2D eigenvalue weighted by atomic mass is 9.89. The van der Waals surface area contributed by atoms with Gasteiger partial charge in [-0.3, -0.25) is 4.79 Å². The van der Waals surface area contributed by atoms with Crippen LogP contribution in [-0.2, 0) is 14.3 Å². The van der Waals surface area contributed by atoms with Crippen molar-refractivity contribution in [3.8, 4) is 0 Å². The SMILES string of the molecule is CC(C)OC(=O)C1CC[C@H]2OC2C1. The van der Waals surface area contributed by atoms with E-state index < -0.39 is 0 Å². The molecule has 1 saturated carbocycles. The number of ether oxygens (including phenoxy) is 2. The molecule has 1 heterocycles. The van der Waals surface area contributed by atoms with Gasteiger partial charge >= 0.3 is 5.97 Å². The Kier molecular flexibility index (Phi) is 2.28. The molecule has 2 fully saturated rings. The van der Waals surface area contributed by atoms with Gasteiger partial charge in [-0.05, 0) is 33.1 Å². The van der Waals surface area contributed by atoms with Gasteiger partial charge in [-0.2, -0.15) is 0 Å². The number of rotatable bonds is 2. The number of carbonyl (C=O) groups is 1. The number of carbonyl (C=O) groups excluding carboxylic acids is 1. The van der Waals surface area contributed by atoms with Gasteiger partial charge in [-0.1, -0.05) is 0 Å². The highest BCUT2D eigenvalue weighted by atomic mass is 16.6. The Morgan fingerprint density at radius 2 is 2.15 bits per heavy atom. The predicted molar refractivity (Wildman–Crippen MR) is 47.2 cm³/mol. The second-order valence-corrected chi connectivity index (χ2v) is 4.21. The first kappa shape index (κ1) is 9.00. The van der Waals surface area contributed by atoms with Crippen LogP contribution in [0.2, 0.25) is 0 Å². The smallest absolute Gasteiger partial charge is 0.309 e. The van der Waals surface area contributed by atoms with Crippen LogP contribution in [0.25, 0.3) is 0 Å². The van der Waals surface area contributed by atoms with E-state index in [0.717, 1.165) is 19.3 Å². The van der Waals surface area contributed by atoms with Gasteiger partial charge in [0, 0.05) is 0 Å². The molecule has 0 aromatic carbocycles. The van der Waals surface area contributed by atoms with E-state index in [2.05, 4.69) is 0 Å². The fraction of sp³-hybridized carbons (Fsp3) is 0.900. The number of esters is 1. The molecule has 2 aliphatic rings. The molecule has 0 bridgehead atoms. The highest BCUT2D eigenvalue weighted by molar-refractivity contribution is 5.72. The maximum absolute atomic E-state index is 11.5. The maximum atomic E-state index is 11.5. The molecule has 13 heavy (non-hydrogen) atoms. The van der Waals surface area contributed by atoms with E-state index in [1.54, 1.807) is 0 Å². The van der Waals surface area contributed by atoms with Gasteiger partial charge in [-0.15, -0.1) is 0 Å². The molecule has 0 aromatic heterocycles. The topological polar surface area (TPSA) is 38.8 Å². The number of fused-ring (bicyclic) bond motifs is 1. The van der Waals surface area contributed by atoms with Crippen LogP contribution in [0.3, 0.4) is 0 Å². The molecule has 3 nitrogen and oxygen atoms in total. The van der Waals surface area contributed by atoms with Crippen molar-refractivity contribution in [1.82, 2.24) is 0 Å². The summed E-state index contributed by atoms with van der Waals surface area (Å²) in [5.74, 6) is 0.0510. The van der Waals surface area contributed by atoms with Crippen molar-refractivity contribution in [3.05, 3.63) is 0 Å². The van der Waals surface area contributed by atoms with Crippen molar-refractivity contribution in [3.63, 3.8) is 0 Å². The van der Waals surface area contributed by atoms with E-state index in [4.69, 9.17) is 9.47 Å². The quantitative estimate of drug-likeness (QED) is 0.482. The molecule has 1 saturated heterocycles. The largest absolute Gasteiger partial charge is 0.463 e. The van der Waals surface area contributed by atoms with E-state index >= 15 is 0 Å². The van der Waals surface area contributed by atoms with E-state index in [1.807, 2.05) is 13.8 Å². The Morgan fingerprint density at radius 1 is 1.38 bits per heavy atom. The van der Waals surface area contributed by atoms with Gasteiger partial charge in [0.25, 0.3) is 0 Å². The first-order valence-electron chi connectivity index (χ1n) is 5.03. The van der Waals surface area contributed by atoms with E-state index in [-0.39, 0.29) is 18.0 Å². The Hall–Kier alpha value is -0.570. The Bertz CT molecular complexity index is 212. The third-order valence-corrected chi connectivity index (χ3v) is 2.69. The Morgan fingerprint density at radius 3 is 2.77 bits per heavy atom. The third kappa shape index (κ3) is 2.02. The van der Waals surface area contributed by atoms with Gasteiger partial charge in [0.2, 0.25) is 0 Å². The summed E-state index contributed by atoms with van der Waals surface area (Å²) in [6.07, 6.45) is 3.66. The first-order valence-corrected chi connectivity index (χ1v) is 5.03. The maximum Gasteiger partial charge on any atom is 0.309 e. The van der Waals surface area contributed by atoms with Crippen LogP contribution in [0.15, 0.2) is 0 Å². The lowest BCUT2D eigenvalue weighted by Gasteiger charge is -2.18. The average Bonchev–Trinajstić information content (AvgIpc) is 2.79. The normalized spacial score (nSPS) is 37.0. The van der Waals surface area contributed by atoms with Crippen molar-refractivity contribution in [1.29, 1.82) is 0 Å². The second-order valence-electron chi connectivity index (χ2n) is 4.21. The van der Waals surface area contributed by atoms with Gasteiger partial charge < -0.3 is 9.47 Å². The summed E-state index contributed by atoms with van der Waals surface area (Å²) in [5.41, 5.74) is 0. The minimum atomic E-state index is -0.0380. The van der Waals surface area contributed by atoms with Crippen molar-refractivity contribution in [2.75, 3.05) is 0 Å². The zero-order valence-corrected chi connectivity index (χ0v) is 8.16. The van der Waals surface area contributed by atoms with E-state index in [9.17, 15) is 4.79 Å². The Balaban J connectivity index is 1.82. The van der Waals surface area contributed by atoms with Crippen molar-refractivity contribution in [2.24, 2.45) is 5.92 Å². The molecule has 0 aromatic rings. The Labute approximate surface area is 78.4 Å². The molecular formula is C10H16O3. The molecule has 3 heteroatoms. The fourth-order valence-electron chi connectivity index (χ4n) is 1.95. The van der Waals surface area contributed by atoms with Crippen molar-refractivity contribution in [2.45, 2.75) is 51.4 Å². The summed E-state index contributed by atoms with van der Waals surface area (Å²) >= 11 is 0.